The summed E-state index contributed by atoms with van der Waals surface area (Å²) in [4.78, 5) is 11.6. The quantitative estimate of drug-likeness (QED) is 0.710. The highest BCUT2D eigenvalue weighted by Crippen LogP contribution is 2.30. The second-order valence-corrected chi connectivity index (χ2v) is 5.27. The first-order valence-corrected chi connectivity index (χ1v) is 7.05. The van der Waals surface area contributed by atoms with Crippen molar-refractivity contribution < 1.29 is 14.6 Å². The number of amides is 2. The summed E-state index contributed by atoms with van der Waals surface area (Å²) in [5, 5.41) is 14.3. The third-order valence-corrected chi connectivity index (χ3v) is 3.23. The molecule has 2 rings (SSSR count). The van der Waals surface area contributed by atoms with E-state index in [1.54, 1.807) is 6.92 Å². The Kier molecular flexibility index (Phi) is 5.24. The molecule has 2 amide bonds. The molecule has 1 saturated carbocycles. The lowest BCUT2D eigenvalue weighted by molar-refractivity contribution is 0.220. The fourth-order valence-corrected chi connectivity index (χ4v) is 1.78. The molecular formula is C15H22N2O3. The summed E-state index contributed by atoms with van der Waals surface area (Å²) in [6.07, 6.45) is 2.50. The van der Waals surface area contributed by atoms with Gasteiger partial charge < -0.3 is 20.5 Å². The molecule has 1 unspecified atom stereocenters. The molecule has 1 fully saturated rings. The Bertz CT molecular complexity index is 446. The molecule has 20 heavy (non-hydrogen) atoms. The summed E-state index contributed by atoms with van der Waals surface area (Å²) in [5.74, 6) is 1.53. The molecule has 5 nitrogen and oxygen atoms in total. The Balaban J connectivity index is 1.83. The molecule has 110 valence electrons. The number of aliphatic hydroxyl groups excluding tert-OH is 1. The van der Waals surface area contributed by atoms with E-state index in [2.05, 4.69) is 10.6 Å². The smallest absolute Gasteiger partial charge is 0.315 e. The van der Waals surface area contributed by atoms with Gasteiger partial charge in [0.15, 0.2) is 0 Å². The maximum atomic E-state index is 11.6. The van der Waals surface area contributed by atoms with Crippen LogP contribution < -0.4 is 15.4 Å². The van der Waals surface area contributed by atoms with Gasteiger partial charge in [-0.2, -0.15) is 0 Å². The molecule has 1 atom stereocenters. The van der Waals surface area contributed by atoms with Crippen LogP contribution in [0.1, 0.15) is 25.3 Å². The molecule has 1 aliphatic carbocycles. The zero-order valence-corrected chi connectivity index (χ0v) is 11.8. The predicted octanol–water partition coefficient (Wildman–Crippen LogP) is 1.66. The standard InChI is InChI=1S/C15H22N2O3/c1-11(9-18)17-15(19)16-8-13-4-2-3-5-14(13)20-10-12-6-7-12/h2-5,11-12,18H,6-10H2,1H3,(H2,16,17,19). The van der Waals surface area contributed by atoms with Gasteiger partial charge in [-0.15, -0.1) is 0 Å². The van der Waals surface area contributed by atoms with Crippen LogP contribution >= 0.6 is 0 Å². The van der Waals surface area contributed by atoms with Crippen LogP contribution in [0.3, 0.4) is 0 Å². The fourth-order valence-electron chi connectivity index (χ4n) is 1.78. The number of ether oxygens (including phenoxy) is 1. The molecule has 0 bridgehead atoms. The molecule has 0 heterocycles. The minimum atomic E-state index is -0.288. The van der Waals surface area contributed by atoms with E-state index in [-0.39, 0.29) is 18.7 Å². The summed E-state index contributed by atoms with van der Waals surface area (Å²) in [6.45, 7) is 2.83. The van der Waals surface area contributed by atoms with Gasteiger partial charge in [0.1, 0.15) is 5.75 Å². The van der Waals surface area contributed by atoms with Gasteiger partial charge in [-0.25, -0.2) is 4.79 Å². The van der Waals surface area contributed by atoms with Crippen molar-refractivity contribution in [2.75, 3.05) is 13.2 Å². The van der Waals surface area contributed by atoms with Gasteiger partial charge in [-0.3, -0.25) is 0 Å². The Labute approximate surface area is 119 Å². The van der Waals surface area contributed by atoms with E-state index in [9.17, 15) is 4.79 Å². The van der Waals surface area contributed by atoms with Gasteiger partial charge in [-0.05, 0) is 31.7 Å². The van der Waals surface area contributed by atoms with Gasteiger partial charge in [0.05, 0.1) is 19.3 Å². The van der Waals surface area contributed by atoms with Crippen LogP contribution in [0, 0.1) is 5.92 Å². The Morgan fingerprint density at radius 3 is 2.90 bits per heavy atom. The van der Waals surface area contributed by atoms with Crippen LogP contribution in [0.5, 0.6) is 5.75 Å². The molecule has 0 saturated heterocycles. The van der Waals surface area contributed by atoms with Gasteiger partial charge in [0.25, 0.3) is 0 Å². The lowest BCUT2D eigenvalue weighted by Crippen LogP contribution is -2.42. The summed E-state index contributed by atoms with van der Waals surface area (Å²) in [7, 11) is 0. The van der Waals surface area contributed by atoms with Crippen LogP contribution in [0.2, 0.25) is 0 Å². The highest BCUT2D eigenvalue weighted by Gasteiger charge is 2.22. The van der Waals surface area contributed by atoms with E-state index < -0.39 is 0 Å². The van der Waals surface area contributed by atoms with Gasteiger partial charge in [0, 0.05) is 12.1 Å². The number of hydrogen-bond acceptors (Lipinski definition) is 3. The molecule has 3 N–H and O–H groups in total. The third kappa shape index (κ3) is 4.74. The summed E-state index contributed by atoms with van der Waals surface area (Å²) < 4.78 is 5.78. The number of nitrogens with one attached hydrogen (secondary N) is 2. The maximum absolute atomic E-state index is 11.6. The molecule has 1 aromatic rings. The molecular weight excluding hydrogens is 256 g/mol. The number of urea groups is 1. The Morgan fingerprint density at radius 1 is 1.45 bits per heavy atom. The second kappa shape index (κ2) is 7.14. The average Bonchev–Trinajstić information content (AvgIpc) is 3.27. The van der Waals surface area contributed by atoms with Crippen molar-refractivity contribution in [2.24, 2.45) is 5.92 Å². The van der Waals surface area contributed by atoms with E-state index in [1.165, 1.54) is 12.8 Å². The maximum Gasteiger partial charge on any atom is 0.315 e. The molecule has 1 aliphatic rings. The Morgan fingerprint density at radius 2 is 2.20 bits per heavy atom. The first-order valence-electron chi connectivity index (χ1n) is 7.05. The number of carbonyl (C=O) groups excluding carboxylic acids is 1. The lowest BCUT2D eigenvalue weighted by Gasteiger charge is -2.14. The van der Waals surface area contributed by atoms with Crippen LogP contribution in [0.15, 0.2) is 24.3 Å². The topological polar surface area (TPSA) is 70.6 Å². The zero-order chi connectivity index (χ0) is 14.4. The van der Waals surface area contributed by atoms with E-state index in [0.717, 1.165) is 17.9 Å². The second-order valence-electron chi connectivity index (χ2n) is 5.27. The molecule has 0 spiro atoms. The van der Waals surface area contributed by atoms with Crippen molar-refractivity contribution >= 4 is 6.03 Å². The fraction of sp³-hybridized carbons (Fsp3) is 0.533. The normalized spacial score (nSPS) is 15.5. The van der Waals surface area contributed by atoms with E-state index in [1.807, 2.05) is 24.3 Å². The molecule has 0 aliphatic heterocycles. The van der Waals surface area contributed by atoms with Crippen LogP contribution in [0.25, 0.3) is 0 Å². The predicted molar refractivity (Wildman–Crippen MR) is 76.6 cm³/mol. The van der Waals surface area contributed by atoms with Gasteiger partial charge >= 0.3 is 6.03 Å². The number of rotatable bonds is 7. The average molecular weight is 278 g/mol. The van der Waals surface area contributed by atoms with E-state index >= 15 is 0 Å². The highest BCUT2D eigenvalue weighted by atomic mass is 16.5. The summed E-state index contributed by atoms with van der Waals surface area (Å²) in [6, 6.07) is 7.18. The number of carbonyl (C=O) groups is 1. The Hall–Kier alpha value is -1.75. The number of aliphatic hydroxyl groups is 1. The number of para-hydroxylation sites is 1. The van der Waals surface area contributed by atoms with Crippen LogP contribution in [0.4, 0.5) is 4.79 Å². The summed E-state index contributed by atoms with van der Waals surface area (Å²) >= 11 is 0. The van der Waals surface area contributed by atoms with E-state index in [0.29, 0.717) is 12.5 Å². The minimum Gasteiger partial charge on any atom is -0.493 e. The number of hydrogen-bond donors (Lipinski definition) is 3. The van der Waals surface area contributed by atoms with E-state index in [4.69, 9.17) is 9.84 Å². The van der Waals surface area contributed by atoms with Gasteiger partial charge in [0.2, 0.25) is 0 Å². The minimum absolute atomic E-state index is 0.0749. The van der Waals surface area contributed by atoms with Crippen molar-refractivity contribution in [3.05, 3.63) is 29.8 Å². The highest BCUT2D eigenvalue weighted by molar-refractivity contribution is 5.74. The SMILES string of the molecule is CC(CO)NC(=O)NCc1ccccc1OCC1CC1. The van der Waals surface area contributed by atoms with Crippen molar-refractivity contribution in [1.82, 2.24) is 10.6 Å². The van der Waals surface area contributed by atoms with Crippen molar-refractivity contribution in [2.45, 2.75) is 32.4 Å². The monoisotopic (exact) mass is 278 g/mol. The van der Waals surface area contributed by atoms with Gasteiger partial charge in [-0.1, -0.05) is 18.2 Å². The van der Waals surface area contributed by atoms with Crippen LogP contribution in [-0.2, 0) is 6.54 Å². The summed E-state index contributed by atoms with van der Waals surface area (Å²) in [5.41, 5.74) is 0.958. The van der Waals surface area contributed by atoms with Crippen molar-refractivity contribution in [1.29, 1.82) is 0 Å². The molecule has 1 aromatic carbocycles. The third-order valence-electron chi connectivity index (χ3n) is 3.23. The molecule has 0 radical (unpaired) electrons. The number of benzene rings is 1. The largest absolute Gasteiger partial charge is 0.493 e. The molecule has 5 heteroatoms. The van der Waals surface area contributed by atoms with Crippen molar-refractivity contribution in [3.63, 3.8) is 0 Å². The first kappa shape index (κ1) is 14.7. The van der Waals surface area contributed by atoms with Crippen LogP contribution in [-0.4, -0.2) is 30.4 Å². The van der Waals surface area contributed by atoms with Crippen molar-refractivity contribution in [3.8, 4) is 5.75 Å². The lowest BCUT2D eigenvalue weighted by atomic mass is 10.2. The zero-order valence-electron chi connectivity index (χ0n) is 11.8. The molecule has 0 aromatic heterocycles. The first-order chi connectivity index (χ1) is 9.69.